The van der Waals surface area contributed by atoms with Crippen LogP contribution in [0.25, 0.3) is 0 Å². The van der Waals surface area contributed by atoms with Crippen LogP contribution >= 0.6 is 24.0 Å². The smallest absolute Gasteiger partial charge is 0.221 e. The minimum absolute atomic E-state index is 0. The second kappa shape index (κ2) is 15.0. The lowest BCUT2D eigenvalue weighted by molar-refractivity contribution is -0.120. The van der Waals surface area contributed by atoms with E-state index < -0.39 is 0 Å². The van der Waals surface area contributed by atoms with Gasteiger partial charge in [-0.05, 0) is 34.1 Å². The summed E-state index contributed by atoms with van der Waals surface area (Å²) in [7, 11) is 1.75. The third-order valence-electron chi connectivity index (χ3n) is 3.43. The van der Waals surface area contributed by atoms with Crippen molar-refractivity contribution in [3.8, 4) is 0 Å². The first-order chi connectivity index (χ1) is 10.4. The van der Waals surface area contributed by atoms with Crippen LogP contribution in [-0.2, 0) is 4.79 Å². The summed E-state index contributed by atoms with van der Waals surface area (Å²) < 4.78 is 0. The van der Waals surface area contributed by atoms with Gasteiger partial charge in [-0.3, -0.25) is 14.7 Å². The van der Waals surface area contributed by atoms with Crippen molar-refractivity contribution in [2.24, 2.45) is 4.99 Å². The van der Waals surface area contributed by atoms with E-state index >= 15 is 0 Å². The zero-order chi connectivity index (χ0) is 17.0. The number of halogens is 1. The van der Waals surface area contributed by atoms with Gasteiger partial charge in [0.05, 0.1) is 0 Å². The van der Waals surface area contributed by atoms with Gasteiger partial charge in [0.25, 0.3) is 0 Å². The highest BCUT2D eigenvalue weighted by atomic mass is 127. The van der Waals surface area contributed by atoms with Gasteiger partial charge in [-0.25, -0.2) is 0 Å². The van der Waals surface area contributed by atoms with Crippen LogP contribution in [0.3, 0.4) is 0 Å². The summed E-state index contributed by atoms with van der Waals surface area (Å²) in [6.07, 6.45) is 1.43. The monoisotopic (exact) mass is 441 g/mol. The molecule has 0 aromatic carbocycles. The summed E-state index contributed by atoms with van der Waals surface area (Å²) in [5.74, 6) is 0.825. The molecule has 0 spiro atoms. The van der Waals surface area contributed by atoms with Crippen LogP contribution in [0.15, 0.2) is 4.99 Å². The highest BCUT2D eigenvalue weighted by Gasteiger charge is 2.12. The van der Waals surface area contributed by atoms with E-state index in [0.717, 1.165) is 32.0 Å². The maximum absolute atomic E-state index is 11.5. The van der Waals surface area contributed by atoms with Gasteiger partial charge in [-0.2, -0.15) is 0 Å². The fraction of sp³-hybridized carbons (Fsp3) is 0.875. The molecular formula is C16H36IN5O. The van der Waals surface area contributed by atoms with Crippen molar-refractivity contribution in [2.45, 2.75) is 59.5 Å². The molecule has 0 rings (SSSR count). The molecular weight excluding hydrogens is 405 g/mol. The average Bonchev–Trinajstić information content (AvgIpc) is 2.46. The van der Waals surface area contributed by atoms with E-state index in [1.165, 1.54) is 0 Å². The first-order valence-corrected chi connectivity index (χ1v) is 8.39. The maximum atomic E-state index is 11.5. The average molecular weight is 441 g/mol. The van der Waals surface area contributed by atoms with Crippen LogP contribution in [-0.4, -0.2) is 62.1 Å². The molecule has 1 amide bonds. The normalized spacial score (nSPS) is 11.6. The molecule has 3 N–H and O–H groups in total. The standard InChI is InChI=1S/C16H35N5O.HI/c1-7-9-18-15(22)8-10-19-16(17-6)20-11-12-21(13(2)3)14(4)5;/h13-14H,7-12H2,1-6H3,(H,18,22)(H2,17,19,20);1H. The summed E-state index contributed by atoms with van der Waals surface area (Å²) in [6, 6.07) is 1.05. The van der Waals surface area contributed by atoms with Gasteiger partial charge >= 0.3 is 0 Å². The van der Waals surface area contributed by atoms with Gasteiger partial charge in [-0.1, -0.05) is 6.92 Å². The fourth-order valence-corrected chi connectivity index (χ4v) is 2.28. The molecule has 0 saturated heterocycles. The van der Waals surface area contributed by atoms with Crippen LogP contribution in [0, 0.1) is 0 Å². The largest absolute Gasteiger partial charge is 0.356 e. The molecule has 138 valence electrons. The molecule has 0 aromatic heterocycles. The first kappa shape index (κ1) is 24.7. The number of amides is 1. The third kappa shape index (κ3) is 12.5. The van der Waals surface area contributed by atoms with Gasteiger partial charge in [0, 0.05) is 51.7 Å². The van der Waals surface area contributed by atoms with E-state index in [0.29, 0.717) is 25.0 Å². The molecule has 0 atom stereocenters. The molecule has 7 heteroatoms. The minimum Gasteiger partial charge on any atom is -0.356 e. The van der Waals surface area contributed by atoms with Crippen molar-refractivity contribution >= 4 is 35.8 Å². The predicted molar refractivity (Wildman–Crippen MR) is 110 cm³/mol. The summed E-state index contributed by atoms with van der Waals surface area (Å²) >= 11 is 0. The lowest BCUT2D eigenvalue weighted by atomic mass is 10.2. The van der Waals surface area contributed by atoms with Crippen molar-refractivity contribution in [1.29, 1.82) is 0 Å². The zero-order valence-electron chi connectivity index (χ0n) is 15.6. The summed E-state index contributed by atoms with van der Waals surface area (Å²) in [5, 5.41) is 9.32. The van der Waals surface area contributed by atoms with Crippen LogP contribution in [0.2, 0.25) is 0 Å². The molecule has 6 nitrogen and oxygen atoms in total. The molecule has 0 aromatic rings. The molecule has 0 aliphatic carbocycles. The van der Waals surface area contributed by atoms with Gasteiger partial charge in [0.1, 0.15) is 0 Å². The Kier molecular flexibility index (Phi) is 16.1. The van der Waals surface area contributed by atoms with Gasteiger partial charge in [0.15, 0.2) is 5.96 Å². The van der Waals surface area contributed by atoms with Gasteiger partial charge in [-0.15, -0.1) is 24.0 Å². The Morgan fingerprint density at radius 2 is 1.57 bits per heavy atom. The number of hydrogen-bond acceptors (Lipinski definition) is 3. The Morgan fingerprint density at radius 3 is 2.04 bits per heavy atom. The Labute approximate surface area is 159 Å². The molecule has 0 aliphatic heterocycles. The van der Waals surface area contributed by atoms with E-state index in [1.54, 1.807) is 7.05 Å². The molecule has 0 saturated carbocycles. The van der Waals surface area contributed by atoms with E-state index in [4.69, 9.17) is 0 Å². The van der Waals surface area contributed by atoms with Crippen LogP contribution < -0.4 is 16.0 Å². The summed E-state index contributed by atoms with van der Waals surface area (Å²) in [5.41, 5.74) is 0. The highest BCUT2D eigenvalue weighted by molar-refractivity contribution is 14.0. The quantitative estimate of drug-likeness (QED) is 0.275. The third-order valence-corrected chi connectivity index (χ3v) is 3.43. The Morgan fingerprint density at radius 1 is 1.00 bits per heavy atom. The summed E-state index contributed by atoms with van der Waals surface area (Å²) in [4.78, 5) is 18.1. The SMILES string of the molecule is CCCNC(=O)CCNC(=NC)NCCN(C(C)C)C(C)C.I. The number of hydrogen-bond donors (Lipinski definition) is 3. The van der Waals surface area contributed by atoms with Crippen molar-refractivity contribution in [1.82, 2.24) is 20.9 Å². The molecule has 0 bridgehead atoms. The molecule has 0 heterocycles. The molecule has 0 radical (unpaired) electrons. The number of nitrogens with one attached hydrogen (secondary N) is 3. The zero-order valence-corrected chi connectivity index (χ0v) is 17.9. The second-order valence-electron chi connectivity index (χ2n) is 5.95. The first-order valence-electron chi connectivity index (χ1n) is 8.39. The van der Waals surface area contributed by atoms with Crippen LogP contribution in [0.5, 0.6) is 0 Å². The molecule has 0 unspecified atom stereocenters. The van der Waals surface area contributed by atoms with Crippen molar-refractivity contribution < 1.29 is 4.79 Å². The Bertz CT molecular complexity index is 326. The number of aliphatic imine (C=N–C) groups is 1. The summed E-state index contributed by atoms with van der Waals surface area (Å²) in [6.45, 7) is 14.0. The maximum Gasteiger partial charge on any atom is 0.221 e. The topological polar surface area (TPSA) is 68.8 Å². The number of carbonyl (C=O) groups is 1. The van der Waals surface area contributed by atoms with Crippen LogP contribution in [0.1, 0.15) is 47.5 Å². The number of carbonyl (C=O) groups excluding carboxylic acids is 1. The van der Waals surface area contributed by atoms with Gasteiger partial charge < -0.3 is 16.0 Å². The molecule has 0 fully saturated rings. The molecule has 23 heavy (non-hydrogen) atoms. The lowest BCUT2D eigenvalue weighted by Crippen LogP contribution is -2.45. The molecule has 0 aliphatic rings. The second-order valence-corrected chi connectivity index (χ2v) is 5.95. The van der Waals surface area contributed by atoms with Crippen molar-refractivity contribution in [3.05, 3.63) is 0 Å². The Balaban J connectivity index is 0. The van der Waals surface area contributed by atoms with Crippen LogP contribution in [0.4, 0.5) is 0 Å². The fourth-order valence-electron chi connectivity index (χ4n) is 2.28. The van der Waals surface area contributed by atoms with E-state index in [9.17, 15) is 4.79 Å². The van der Waals surface area contributed by atoms with Crippen molar-refractivity contribution in [3.63, 3.8) is 0 Å². The van der Waals surface area contributed by atoms with E-state index in [-0.39, 0.29) is 29.9 Å². The Hall–Kier alpha value is -0.570. The predicted octanol–water partition coefficient (Wildman–Crippen LogP) is 1.80. The minimum atomic E-state index is 0. The highest BCUT2D eigenvalue weighted by Crippen LogP contribution is 2.03. The van der Waals surface area contributed by atoms with E-state index in [2.05, 4.69) is 53.5 Å². The lowest BCUT2D eigenvalue weighted by Gasteiger charge is -2.30. The number of nitrogens with zero attached hydrogens (tertiary/aromatic N) is 2. The van der Waals surface area contributed by atoms with Crippen molar-refractivity contribution in [2.75, 3.05) is 33.2 Å². The van der Waals surface area contributed by atoms with Gasteiger partial charge in [0.2, 0.25) is 5.91 Å². The number of rotatable bonds is 10. The van der Waals surface area contributed by atoms with E-state index in [1.807, 2.05) is 6.92 Å². The number of guanidine groups is 1.